The van der Waals surface area contributed by atoms with Crippen LogP contribution in [0, 0.1) is 5.82 Å². The molecule has 0 unspecified atom stereocenters. The van der Waals surface area contributed by atoms with E-state index >= 15 is 0 Å². The Kier molecular flexibility index (Phi) is 4.63. The van der Waals surface area contributed by atoms with Crippen molar-refractivity contribution in [2.75, 3.05) is 6.61 Å². The number of carbonyl (C=O) groups is 1. The van der Waals surface area contributed by atoms with Crippen LogP contribution in [0.5, 0.6) is 0 Å². The fourth-order valence-electron chi connectivity index (χ4n) is 4.96. The molecule has 0 spiro atoms. The minimum atomic E-state index is -4.64. The van der Waals surface area contributed by atoms with E-state index in [0.717, 1.165) is 30.5 Å². The highest BCUT2D eigenvalue weighted by atomic mass is 19.4. The molecule has 0 atom stereocenters. The Hall–Kier alpha value is -2.46. The summed E-state index contributed by atoms with van der Waals surface area (Å²) in [6, 6.07) is 6.17. The summed E-state index contributed by atoms with van der Waals surface area (Å²) in [7, 11) is 0. The number of nitrogens with zero attached hydrogens (tertiary/aromatic N) is 2. The molecule has 6 nitrogen and oxygen atoms in total. The van der Waals surface area contributed by atoms with Crippen LogP contribution >= 0.6 is 0 Å². The van der Waals surface area contributed by atoms with Crippen LogP contribution in [0.3, 0.4) is 0 Å². The Morgan fingerprint density at radius 3 is 2.48 bits per heavy atom. The van der Waals surface area contributed by atoms with Gasteiger partial charge in [-0.05, 0) is 43.5 Å². The maximum absolute atomic E-state index is 13.1. The van der Waals surface area contributed by atoms with Crippen LogP contribution in [0.4, 0.5) is 17.6 Å². The summed E-state index contributed by atoms with van der Waals surface area (Å²) in [4.78, 5) is 16.6. The van der Waals surface area contributed by atoms with Crippen molar-refractivity contribution in [3.05, 3.63) is 42.6 Å². The second-order valence-electron chi connectivity index (χ2n) is 8.85. The fourth-order valence-corrected chi connectivity index (χ4v) is 4.96. The van der Waals surface area contributed by atoms with Gasteiger partial charge in [-0.25, -0.2) is 9.37 Å². The minimum absolute atomic E-state index is 0.0600. The molecule has 6 rings (SSSR count). The number of ether oxygens (including phenoxy) is 2. The molecule has 31 heavy (non-hydrogen) atoms. The molecular weight excluding hydrogens is 418 g/mol. The summed E-state index contributed by atoms with van der Waals surface area (Å²) in [5, 5.41) is 3.00. The topological polar surface area (TPSA) is 65.4 Å². The molecule has 166 valence electrons. The van der Waals surface area contributed by atoms with Crippen LogP contribution in [0.1, 0.15) is 32.1 Å². The Balaban J connectivity index is 1.06. The second kappa shape index (κ2) is 7.03. The SMILES string of the molecule is O=C(CO[C@H]1C[C@@H](OC(F)(F)F)C1)NC12CC(n3cnc(-c4ccc(F)cc4)c3)(C1)C2. The van der Waals surface area contributed by atoms with E-state index in [0.29, 0.717) is 0 Å². The van der Waals surface area contributed by atoms with Crippen molar-refractivity contribution in [2.45, 2.75) is 61.8 Å². The first-order valence-corrected chi connectivity index (χ1v) is 10.1. The molecule has 0 radical (unpaired) electrons. The van der Waals surface area contributed by atoms with Gasteiger partial charge in [0.2, 0.25) is 5.91 Å². The van der Waals surface area contributed by atoms with Gasteiger partial charge in [0.1, 0.15) is 12.4 Å². The Bertz CT molecular complexity index is 963. The molecule has 1 aromatic heterocycles. The van der Waals surface area contributed by atoms with Gasteiger partial charge in [-0.15, -0.1) is 13.2 Å². The minimum Gasteiger partial charge on any atom is -0.368 e. The average molecular weight is 439 g/mol. The molecule has 1 N–H and O–H groups in total. The summed E-state index contributed by atoms with van der Waals surface area (Å²) in [6.45, 7) is -0.169. The van der Waals surface area contributed by atoms with Crippen molar-refractivity contribution in [1.29, 1.82) is 0 Å². The van der Waals surface area contributed by atoms with Crippen molar-refractivity contribution in [1.82, 2.24) is 14.9 Å². The van der Waals surface area contributed by atoms with E-state index in [4.69, 9.17) is 4.74 Å². The van der Waals surface area contributed by atoms with Crippen LogP contribution < -0.4 is 5.32 Å². The van der Waals surface area contributed by atoms with Gasteiger partial charge in [0.25, 0.3) is 0 Å². The van der Waals surface area contributed by atoms with Gasteiger partial charge in [0.15, 0.2) is 0 Å². The molecule has 1 heterocycles. The second-order valence-corrected chi connectivity index (χ2v) is 8.85. The van der Waals surface area contributed by atoms with E-state index in [2.05, 4.69) is 19.6 Å². The third-order valence-corrected chi connectivity index (χ3v) is 6.48. The highest BCUT2D eigenvalue weighted by Gasteiger charge is 2.69. The Morgan fingerprint density at radius 1 is 1.16 bits per heavy atom. The van der Waals surface area contributed by atoms with Gasteiger partial charge >= 0.3 is 6.36 Å². The van der Waals surface area contributed by atoms with Gasteiger partial charge in [-0.2, -0.15) is 0 Å². The number of hydrogen-bond acceptors (Lipinski definition) is 4. The predicted molar refractivity (Wildman–Crippen MR) is 100 cm³/mol. The number of imidazole rings is 1. The van der Waals surface area contributed by atoms with Crippen LogP contribution in [-0.2, 0) is 19.8 Å². The van der Waals surface area contributed by atoms with E-state index in [-0.39, 0.29) is 48.4 Å². The van der Waals surface area contributed by atoms with E-state index in [1.807, 2.05) is 6.20 Å². The number of nitrogens with one attached hydrogen (secondary N) is 1. The lowest BCUT2D eigenvalue weighted by atomic mass is 9.44. The number of amides is 1. The van der Waals surface area contributed by atoms with Crippen LogP contribution in [0.25, 0.3) is 11.3 Å². The maximum atomic E-state index is 13.1. The third kappa shape index (κ3) is 3.94. The number of rotatable bonds is 7. The lowest BCUT2D eigenvalue weighted by molar-refractivity contribution is -0.357. The van der Waals surface area contributed by atoms with Crippen molar-refractivity contribution in [2.24, 2.45) is 0 Å². The zero-order chi connectivity index (χ0) is 21.9. The highest BCUT2D eigenvalue weighted by Crippen LogP contribution is 2.65. The number of halogens is 4. The van der Waals surface area contributed by atoms with E-state index in [9.17, 15) is 22.4 Å². The molecule has 1 aromatic carbocycles. The number of alkyl halides is 3. The molecule has 4 aliphatic carbocycles. The smallest absolute Gasteiger partial charge is 0.368 e. The van der Waals surface area contributed by atoms with E-state index in [1.165, 1.54) is 12.1 Å². The van der Waals surface area contributed by atoms with Crippen LogP contribution in [-0.4, -0.2) is 46.2 Å². The maximum Gasteiger partial charge on any atom is 0.522 e. The number of carbonyl (C=O) groups excluding carboxylic acids is 1. The fraction of sp³-hybridized carbons (Fsp3) is 0.524. The van der Waals surface area contributed by atoms with E-state index in [1.54, 1.807) is 18.5 Å². The Labute approximate surface area is 175 Å². The molecular formula is C21H21F4N3O3. The van der Waals surface area contributed by atoms with Crippen molar-refractivity contribution < 1.29 is 31.8 Å². The lowest BCUT2D eigenvalue weighted by Crippen LogP contribution is -2.78. The van der Waals surface area contributed by atoms with Crippen molar-refractivity contribution in [3.8, 4) is 11.3 Å². The molecule has 4 saturated carbocycles. The molecule has 0 saturated heterocycles. The third-order valence-electron chi connectivity index (χ3n) is 6.48. The molecule has 10 heteroatoms. The van der Waals surface area contributed by atoms with Gasteiger partial charge in [0.05, 0.1) is 29.8 Å². The number of benzene rings is 1. The van der Waals surface area contributed by atoms with Gasteiger partial charge < -0.3 is 14.6 Å². The molecule has 1 amide bonds. The van der Waals surface area contributed by atoms with Crippen molar-refractivity contribution >= 4 is 5.91 Å². The van der Waals surface area contributed by atoms with Crippen molar-refractivity contribution in [3.63, 3.8) is 0 Å². The quantitative estimate of drug-likeness (QED) is 0.671. The zero-order valence-corrected chi connectivity index (χ0v) is 16.5. The number of aromatic nitrogens is 2. The highest BCUT2D eigenvalue weighted by molar-refractivity contribution is 5.79. The summed E-state index contributed by atoms with van der Waals surface area (Å²) >= 11 is 0. The standard InChI is InChI=1S/C21H21F4N3O3/c22-14-3-1-13(2-4-14)17-7-28(12-26-17)20-9-19(10-20,11-20)27-18(29)8-30-15-5-16(6-15)31-21(23,24)25/h1-4,7,12,15-16H,5-6,8-11H2,(H,27,29)/t15-,16+,19?,20?. The van der Waals surface area contributed by atoms with Gasteiger partial charge in [-0.3, -0.25) is 9.53 Å². The lowest BCUT2D eigenvalue weighted by Gasteiger charge is -2.70. The van der Waals surface area contributed by atoms with E-state index < -0.39 is 12.5 Å². The normalized spacial score (nSPS) is 31.4. The predicted octanol–water partition coefficient (Wildman–Crippen LogP) is 3.52. The summed E-state index contributed by atoms with van der Waals surface area (Å²) < 4.78 is 60.8. The summed E-state index contributed by atoms with van der Waals surface area (Å²) in [5.41, 5.74) is 1.30. The van der Waals surface area contributed by atoms with Crippen LogP contribution in [0.2, 0.25) is 0 Å². The van der Waals surface area contributed by atoms with Gasteiger partial charge in [-0.1, -0.05) is 0 Å². The Morgan fingerprint density at radius 2 is 1.84 bits per heavy atom. The van der Waals surface area contributed by atoms with Crippen LogP contribution in [0.15, 0.2) is 36.8 Å². The largest absolute Gasteiger partial charge is 0.522 e. The summed E-state index contributed by atoms with van der Waals surface area (Å²) in [6.07, 6.45) is 0.439. The first-order valence-electron chi connectivity index (χ1n) is 10.1. The monoisotopic (exact) mass is 439 g/mol. The first kappa shape index (κ1) is 20.4. The number of hydrogen-bond donors (Lipinski definition) is 1. The summed E-state index contributed by atoms with van der Waals surface area (Å²) in [5.74, 6) is -0.554. The molecule has 4 fully saturated rings. The average Bonchev–Trinajstić information content (AvgIpc) is 3.08. The molecule has 0 aliphatic heterocycles. The first-order chi connectivity index (χ1) is 14.6. The molecule has 4 aliphatic rings. The van der Waals surface area contributed by atoms with Gasteiger partial charge in [0, 0.05) is 30.1 Å². The molecule has 2 aromatic rings. The molecule has 2 bridgehead atoms. The zero-order valence-electron chi connectivity index (χ0n) is 16.5.